The molecule has 0 aromatic heterocycles. The van der Waals surface area contributed by atoms with Crippen LogP contribution in [-0.2, 0) is 19.0 Å². The molecule has 7 nitrogen and oxygen atoms in total. The number of carboxylic acids is 1. The van der Waals surface area contributed by atoms with Gasteiger partial charge in [-0.1, -0.05) is 0 Å². The average molecular weight is 234 g/mol. The fourth-order valence-electron chi connectivity index (χ4n) is 2.07. The first kappa shape index (κ1) is 11.7. The predicted molar refractivity (Wildman–Crippen MR) is 48.4 cm³/mol. The Bertz CT molecular complexity index is 315. The second-order valence-corrected chi connectivity index (χ2v) is 4.34. The first-order valence-corrected chi connectivity index (χ1v) is 4.90. The minimum Gasteiger partial charge on any atom is -0.477 e. The van der Waals surface area contributed by atoms with Gasteiger partial charge in [-0.05, 0) is 13.8 Å². The van der Waals surface area contributed by atoms with Crippen molar-refractivity contribution < 1.29 is 34.3 Å². The third-order valence-corrected chi connectivity index (χ3v) is 2.68. The van der Waals surface area contributed by atoms with Crippen molar-refractivity contribution in [1.29, 1.82) is 0 Å². The van der Waals surface area contributed by atoms with Gasteiger partial charge in [-0.15, -0.1) is 0 Å². The summed E-state index contributed by atoms with van der Waals surface area (Å²) in [6.45, 7) is 2.56. The molecule has 2 rings (SSSR count). The molecule has 7 heteroatoms. The van der Waals surface area contributed by atoms with E-state index in [0.717, 1.165) is 0 Å². The maximum absolute atomic E-state index is 11.2. The van der Waals surface area contributed by atoms with E-state index < -0.39 is 42.5 Å². The van der Waals surface area contributed by atoms with E-state index >= 15 is 0 Å². The monoisotopic (exact) mass is 234 g/mol. The van der Waals surface area contributed by atoms with E-state index in [2.05, 4.69) is 0 Å². The molecular weight excluding hydrogens is 220 g/mol. The number of aliphatic hydroxyl groups excluding tert-OH is 2. The van der Waals surface area contributed by atoms with Crippen LogP contribution >= 0.6 is 0 Å². The van der Waals surface area contributed by atoms with Crippen molar-refractivity contribution in [3.8, 4) is 0 Å². The number of rotatable bonds is 2. The Hall–Kier alpha value is -0.730. The minimum absolute atomic E-state index is 0.500. The van der Waals surface area contributed by atoms with E-state index in [0.29, 0.717) is 0 Å². The van der Waals surface area contributed by atoms with Crippen LogP contribution in [0.5, 0.6) is 0 Å². The summed E-state index contributed by atoms with van der Waals surface area (Å²) in [5.74, 6) is -4.56. The Morgan fingerprint density at radius 1 is 1.38 bits per heavy atom. The lowest BCUT2D eigenvalue weighted by Gasteiger charge is -2.24. The Balaban J connectivity index is 2.34. The molecule has 2 aliphatic heterocycles. The highest BCUT2D eigenvalue weighted by Gasteiger charge is 2.69. The summed E-state index contributed by atoms with van der Waals surface area (Å²) < 4.78 is 15.6. The summed E-state index contributed by atoms with van der Waals surface area (Å²) in [6, 6.07) is 0. The number of fused-ring (bicyclic) bond motifs is 1. The molecule has 2 heterocycles. The van der Waals surface area contributed by atoms with E-state index in [1.165, 1.54) is 13.8 Å². The molecule has 0 radical (unpaired) electrons. The summed E-state index contributed by atoms with van der Waals surface area (Å²) in [5, 5.41) is 27.8. The Labute approximate surface area is 91.5 Å². The number of carboxylic acid groups (broad SMARTS) is 1. The number of ether oxygens (including phenoxy) is 3. The highest BCUT2D eigenvalue weighted by Crippen LogP contribution is 2.45. The SMILES string of the molecule is CC1(C)O[C@@H]2[C@@H](O)[C@@H](CO)O[C@]2(C(=O)O)O1. The van der Waals surface area contributed by atoms with E-state index in [-0.39, 0.29) is 0 Å². The lowest BCUT2D eigenvalue weighted by molar-refractivity contribution is -0.265. The number of carbonyl (C=O) groups is 1. The van der Waals surface area contributed by atoms with Gasteiger partial charge in [0.1, 0.15) is 12.2 Å². The van der Waals surface area contributed by atoms with Crippen LogP contribution in [0.2, 0.25) is 0 Å². The van der Waals surface area contributed by atoms with Gasteiger partial charge >= 0.3 is 11.8 Å². The van der Waals surface area contributed by atoms with E-state index in [4.69, 9.17) is 24.4 Å². The molecule has 16 heavy (non-hydrogen) atoms. The van der Waals surface area contributed by atoms with Crippen LogP contribution in [0.1, 0.15) is 13.8 Å². The fourth-order valence-corrected chi connectivity index (χ4v) is 2.07. The second kappa shape index (κ2) is 3.38. The molecule has 92 valence electrons. The molecule has 0 amide bonds. The van der Waals surface area contributed by atoms with Gasteiger partial charge in [0.15, 0.2) is 11.9 Å². The van der Waals surface area contributed by atoms with Crippen molar-refractivity contribution in [1.82, 2.24) is 0 Å². The number of hydrogen-bond acceptors (Lipinski definition) is 6. The standard InChI is InChI=1S/C9H14O7/c1-8(2)15-6-5(11)4(3-10)14-9(6,16-8)7(12)13/h4-6,10-11H,3H2,1-2H3,(H,12,13)/t4-,5+,6-,9+/m1/s1. The van der Waals surface area contributed by atoms with Crippen LogP contribution in [0.3, 0.4) is 0 Å². The molecule has 3 N–H and O–H groups in total. The number of hydrogen-bond donors (Lipinski definition) is 3. The molecule has 0 aliphatic carbocycles. The molecule has 2 saturated heterocycles. The van der Waals surface area contributed by atoms with Crippen LogP contribution in [0.15, 0.2) is 0 Å². The van der Waals surface area contributed by atoms with Crippen molar-refractivity contribution in [2.24, 2.45) is 0 Å². The molecule has 0 aromatic carbocycles. The van der Waals surface area contributed by atoms with Crippen LogP contribution in [0.4, 0.5) is 0 Å². The van der Waals surface area contributed by atoms with Gasteiger partial charge in [-0.25, -0.2) is 4.79 Å². The lowest BCUT2D eigenvalue weighted by Crippen LogP contribution is -2.47. The first-order chi connectivity index (χ1) is 7.32. The zero-order valence-corrected chi connectivity index (χ0v) is 8.91. The van der Waals surface area contributed by atoms with Gasteiger partial charge in [0.2, 0.25) is 0 Å². The van der Waals surface area contributed by atoms with Crippen molar-refractivity contribution in [3.05, 3.63) is 0 Å². The van der Waals surface area contributed by atoms with Gasteiger partial charge in [-0.2, -0.15) is 0 Å². The van der Waals surface area contributed by atoms with Crippen molar-refractivity contribution in [3.63, 3.8) is 0 Å². The molecule has 0 bridgehead atoms. The maximum Gasteiger partial charge on any atom is 0.367 e. The quantitative estimate of drug-likeness (QED) is 0.543. The van der Waals surface area contributed by atoms with Crippen LogP contribution in [0.25, 0.3) is 0 Å². The molecule has 2 aliphatic rings. The smallest absolute Gasteiger partial charge is 0.367 e. The molecule has 0 saturated carbocycles. The Morgan fingerprint density at radius 2 is 2.00 bits per heavy atom. The Morgan fingerprint density at radius 3 is 2.44 bits per heavy atom. The zero-order chi connectivity index (χ0) is 12.1. The van der Waals surface area contributed by atoms with Gasteiger partial charge in [-0.3, -0.25) is 0 Å². The van der Waals surface area contributed by atoms with Gasteiger partial charge < -0.3 is 29.5 Å². The largest absolute Gasteiger partial charge is 0.477 e. The van der Waals surface area contributed by atoms with Crippen LogP contribution < -0.4 is 0 Å². The third-order valence-electron chi connectivity index (χ3n) is 2.68. The van der Waals surface area contributed by atoms with Gasteiger partial charge in [0.25, 0.3) is 0 Å². The molecule has 0 unspecified atom stereocenters. The molecule has 0 aromatic rings. The van der Waals surface area contributed by atoms with Gasteiger partial charge in [0.05, 0.1) is 6.61 Å². The normalized spacial score (nSPS) is 45.6. The summed E-state index contributed by atoms with van der Waals surface area (Å²) >= 11 is 0. The zero-order valence-electron chi connectivity index (χ0n) is 8.91. The molecule has 0 spiro atoms. The van der Waals surface area contributed by atoms with E-state index in [1.807, 2.05) is 0 Å². The lowest BCUT2D eigenvalue weighted by atomic mass is 10.1. The topological polar surface area (TPSA) is 105 Å². The highest BCUT2D eigenvalue weighted by molar-refractivity contribution is 5.77. The van der Waals surface area contributed by atoms with Crippen LogP contribution in [0, 0.1) is 0 Å². The highest BCUT2D eigenvalue weighted by atomic mass is 16.9. The molecular formula is C9H14O7. The van der Waals surface area contributed by atoms with Crippen molar-refractivity contribution in [2.45, 2.75) is 43.7 Å². The third kappa shape index (κ3) is 1.44. The number of aliphatic carboxylic acids is 1. The number of aliphatic hydroxyl groups is 2. The molecule has 4 atom stereocenters. The van der Waals surface area contributed by atoms with E-state index in [9.17, 15) is 9.90 Å². The van der Waals surface area contributed by atoms with Crippen molar-refractivity contribution in [2.75, 3.05) is 6.61 Å². The molecule has 2 fully saturated rings. The summed E-state index contributed by atoms with van der Waals surface area (Å²) in [5.41, 5.74) is 0. The summed E-state index contributed by atoms with van der Waals surface area (Å²) in [7, 11) is 0. The minimum atomic E-state index is -2.03. The van der Waals surface area contributed by atoms with Crippen molar-refractivity contribution >= 4 is 5.97 Å². The second-order valence-electron chi connectivity index (χ2n) is 4.34. The maximum atomic E-state index is 11.2. The van der Waals surface area contributed by atoms with Gasteiger partial charge in [0, 0.05) is 0 Å². The first-order valence-electron chi connectivity index (χ1n) is 4.90. The van der Waals surface area contributed by atoms with Crippen LogP contribution in [-0.4, -0.2) is 57.8 Å². The Kier molecular flexibility index (Phi) is 2.48. The summed E-state index contributed by atoms with van der Waals surface area (Å²) in [6.07, 6.45) is -3.39. The average Bonchev–Trinajstić information content (AvgIpc) is 2.58. The summed E-state index contributed by atoms with van der Waals surface area (Å²) in [4.78, 5) is 11.2. The fraction of sp³-hybridized carbons (Fsp3) is 0.889. The predicted octanol–water partition coefficient (Wildman–Crippen LogP) is -1.33. The van der Waals surface area contributed by atoms with E-state index in [1.54, 1.807) is 0 Å².